The van der Waals surface area contributed by atoms with Crippen molar-refractivity contribution in [2.24, 2.45) is 0 Å². The number of hydrogen-bond donors (Lipinski definition) is 1. The van der Waals surface area contributed by atoms with Gasteiger partial charge in [-0.05, 0) is 57.7 Å². The van der Waals surface area contributed by atoms with Crippen LogP contribution in [0.25, 0.3) is 22.2 Å². The average Bonchev–Trinajstić information content (AvgIpc) is 3.59. The minimum absolute atomic E-state index is 0.0780. The number of rotatable bonds is 8. The van der Waals surface area contributed by atoms with Gasteiger partial charge in [-0.25, -0.2) is 9.97 Å². The Balaban J connectivity index is 1.19. The number of fused-ring (bicyclic) bond motifs is 1. The second-order valence-corrected chi connectivity index (χ2v) is 10.3. The standard InChI is InChI=1S/C27H31N5O3S/c1-17-7-4-9-21-25(17)28-16-31(26(21)34)11-5-10-24(33)30-27-29-23(15-36-27)22-13-18(2)32(19(22)3)14-20-8-6-12-35-20/h4,7,9,13,15-16,20H,5-6,8,10-12,14H2,1-3H3,(H,29,30,33)/t20-/m0/s1. The molecule has 1 atom stereocenters. The number of carbonyl (C=O) groups is 1. The third kappa shape index (κ3) is 4.99. The van der Waals surface area contributed by atoms with E-state index >= 15 is 0 Å². The lowest BCUT2D eigenvalue weighted by Gasteiger charge is -2.14. The Morgan fingerprint density at radius 1 is 1.28 bits per heavy atom. The van der Waals surface area contributed by atoms with Crippen LogP contribution in [0.5, 0.6) is 0 Å². The van der Waals surface area contributed by atoms with Crippen molar-refractivity contribution in [3.63, 3.8) is 0 Å². The average molecular weight is 506 g/mol. The number of carbonyl (C=O) groups excluding carboxylic acids is 1. The molecular weight excluding hydrogens is 474 g/mol. The summed E-state index contributed by atoms with van der Waals surface area (Å²) in [5.41, 5.74) is 5.92. The smallest absolute Gasteiger partial charge is 0.261 e. The van der Waals surface area contributed by atoms with Gasteiger partial charge in [-0.1, -0.05) is 12.1 Å². The minimum Gasteiger partial charge on any atom is -0.376 e. The van der Waals surface area contributed by atoms with E-state index in [9.17, 15) is 9.59 Å². The Morgan fingerprint density at radius 2 is 2.14 bits per heavy atom. The summed E-state index contributed by atoms with van der Waals surface area (Å²) in [6.07, 6.45) is 4.90. The van der Waals surface area contributed by atoms with Crippen molar-refractivity contribution in [2.45, 2.75) is 65.6 Å². The Kier molecular flexibility index (Phi) is 7.02. The molecule has 5 rings (SSSR count). The fourth-order valence-corrected chi connectivity index (χ4v) is 5.60. The molecule has 4 heterocycles. The first-order chi connectivity index (χ1) is 17.4. The molecule has 1 aliphatic rings. The highest BCUT2D eigenvalue weighted by Crippen LogP contribution is 2.31. The number of ether oxygens (including phenoxy) is 1. The molecule has 4 aromatic rings. The molecule has 3 aromatic heterocycles. The number of benzene rings is 1. The summed E-state index contributed by atoms with van der Waals surface area (Å²) in [7, 11) is 0. The van der Waals surface area contributed by atoms with E-state index < -0.39 is 0 Å². The molecular formula is C27H31N5O3S. The molecule has 1 amide bonds. The molecule has 9 heteroatoms. The normalized spacial score (nSPS) is 15.6. The van der Waals surface area contributed by atoms with Gasteiger partial charge in [0.15, 0.2) is 5.13 Å². The highest BCUT2D eigenvalue weighted by Gasteiger charge is 2.20. The first-order valence-electron chi connectivity index (χ1n) is 12.4. The maximum atomic E-state index is 12.7. The fourth-order valence-electron chi connectivity index (χ4n) is 4.88. The zero-order valence-corrected chi connectivity index (χ0v) is 21.7. The number of thiazole rings is 1. The summed E-state index contributed by atoms with van der Waals surface area (Å²) in [4.78, 5) is 34.4. The molecule has 0 aliphatic carbocycles. The van der Waals surface area contributed by atoms with E-state index in [2.05, 4.69) is 39.8 Å². The van der Waals surface area contributed by atoms with Crippen LogP contribution in [-0.4, -0.2) is 37.7 Å². The highest BCUT2D eigenvalue weighted by molar-refractivity contribution is 7.14. The van der Waals surface area contributed by atoms with Gasteiger partial charge in [-0.3, -0.25) is 14.2 Å². The lowest BCUT2D eigenvalue weighted by Crippen LogP contribution is -2.22. The summed E-state index contributed by atoms with van der Waals surface area (Å²) in [6, 6.07) is 7.75. The predicted molar refractivity (Wildman–Crippen MR) is 143 cm³/mol. The zero-order valence-electron chi connectivity index (χ0n) is 20.9. The summed E-state index contributed by atoms with van der Waals surface area (Å²) in [5.74, 6) is -0.114. The molecule has 0 bridgehead atoms. The highest BCUT2D eigenvalue weighted by atomic mass is 32.1. The molecule has 0 unspecified atom stereocenters. The summed E-state index contributed by atoms with van der Waals surface area (Å²) >= 11 is 1.42. The first kappa shape index (κ1) is 24.4. The van der Waals surface area contributed by atoms with Gasteiger partial charge in [0.1, 0.15) is 0 Å². The molecule has 188 valence electrons. The molecule has 1 aromatic carbocycles. The molecule has 0 spiro atoms. The maximum Gasteiger partial charge on any atom is 0.261 e. The minimum atomic E-state index is -0.114. The van der Waals surface area contributed by atoms with E-state index in [0.29, 0.717) is 29.9 Å². The first-order valence-corrected chi connectivity index (χ1v) is 13.3. The maximum absolute atomic E-state index is 12.7. The summed E-state index contributed by atoms with van der Waals surface area (Å²) in [6.45, 7) is 8.31. The van der Waals surface area contributed by atoms with E-state index in [1.807, 2.05) is 24.4 Å². The van der Waals surface area contributed by atoms with Crippen molar-refractivity contribution in [3.8, 4) is 11.3 Å². The molecule has 1 aliphatic heterocycles. The van der Waals surface area contributed by atoms with Crippen LogP contribution in [0, 0.1) is 20.8 Å². The van der Waals surface area contributed by atoms with Gasteiger partial charge in [0.05, 0.1) is 29.0 Å². The SMILES string of the molecule is Cc1cccc2c(=O)n(CCCC(=O)Nc3nc(-c4cc(C)n(C[C@@H]5CCCO5)c4C)cs3)cnc12. The Bertz CT molecular complexity index is 1460. The van der Waals surface area contributed by atoms with Crippen molar-refractivity contribution >= 4 is 33.3 Å². The van der Waals surface area contributed by atoms with Crippen LogP contribution in [-0.2, 0) is 22.6 Å². The van der Waals surface area contributed by atoms with Gasteiger partial charge in [-0.2, -0.15) is 0 Å². The van der Waals surface area contributed by atoms with Gasteiger partial charge < -0.3 is 14.6 Å². The number of aryl methyl sites for hydroxylation is 3. The number of hydrogen-bond acceptors (Lipinski definition) is 6. The molecule has 1 saturated heterocycles. The van der Waals surface area contributed by atoms with Crippen LogP contribution in [0.2, 0.25) is 0 Å². The van der Waals surface area contributed by atoms with Crippen LogP contribution >= 0.6 is 11.3 Å². The number of amides is 1. The van der Waals surface area contributed by atoms with Crippen LogP contribution in [0.4, 0.5) is 5.13 Å². The van der Waals surface area contributed by atoms with E-state index in [-0.39, 0.29) is 17.6 Å². The lowest BCUT2D eigenvalue weighted by molar-refractivity contribution is -0.116. The Morgan fingerprint density at radius 3 is 2.94 bits per heavy atom. The molecule has 8 nitrogen and oxygen atoms in total. The second kappa shape index (κ2) is 10.4. The number of nitrogens with one attached hydrogen (secondary N) is 1. The Labute approximate surface area is 214 Å². The van der Waals surface area contributed by atoms with Crippen LogP contribution in [0.3, 0.4) is 0 Å². The van der Waals surface area contributed by atoms with Crippen LogP contribution in [0.1, 0.15) is 42.6 Å². The fraction of sp³-hybridized carbons (Fsp3) is 0.407. The van der Waals surface area contributed by atoms with Crippen LogP contribution in [0.15, 0.2) is 40.8 Å². The molecule has 1 fully saturated rings. The number of anilines is 1. The van der Waals surface area contributed by atoms with Crippen molar-refractivity contribution in [1.82, 2.24) is 19.1 Å². The monoisotopic (exact) mass is 505 g/mol. The molecule has 36 heavy (non-hydrogen) atoms. The van der Waals surface area contributed by atoms with Crippen molar-refractivity contribution in [1.29, 1.82) is 0 Å². The summed E-state index contributed by atoms with van der Waals surface area (Å²) in [5, 5.41) is 6.08. The quantitative estimate of drug-likeness (QED) is 0.370. The predicted octanol–water partition coefficient (Wildman–Crippen LogP) is 4.84. The van der Waals surface area contributed by atoms with Crippen molar-refractivity contribution in [3.05, 3.63) is 63.3 Å². The van der Waals surface area contributed by atoms with Gasteiger partial charge in [-0.15, -0.1) is 11.3 Å². The molecule has 0 saturated carbocycles. The van der Waals surface area contributed by atoms with E-state index in [0.717, 1.165) is 54.0 Å². The summed E-state index contributed by atoms with van der Waals surface area (Å²) < 4.78 is 9.69. The second-order valence-electron chi connectivity index (χ2n) is 9.43. The number of nitrogens with zero attached hydrogens (tertiary/aromatic N) is 4. The topological polar surface area (TPSA) is 91.0 Å². The van der Waals surface area contributed by atoms with E-state index in [1.54, 1.807) is 17.0 Å². The van der Waals surface area contributed by atoms with Gasteiger partial charge in [0.25, 0.3) is 5.56 Å². The lowest BCUT2D eigenvalue weighted by atomic mass is 10.1. The van der Waals surface area contributed by atoms with Crippen molar-refractivity contribution < 1.29 is 9.53 Å². The number of aromatic nitrogens is 4. The largest absolute Gasteiger partial charge is 0.376 e. The number of para-hydroxylation sites is 1. The van der Waals surface area contributed by atoms with E-state index in [1.165, 1.54) is 17.0 Å². The van der Waals surface area contributed by atoms with Gasteiger partial charge >= 0.3 is 0 Å². The molecule has 0 radical (unpaired) electrons. The van der Waals surface area contributed by atoms with Crippen LogP contribution < -0.4 is 10.9 Å². The van der Waals surface area contributed by atoms with Crippen molar-refractivity contribution in [2.75, 3.05) is 11.9 Å². The van der Waals surface area contributed by atoms with Gasteiger partial charge in [0, 0.05) is 48.4 Å². The van der Waals surface area contributed by atoms with Gasteiger partial charge in [0.2, 0.25) is 5.91 Å². The molecule has 1 N–H and O–H groups in total. The third-order valence-corrected chi connectivity index (χ3v) is 7.63. The van der Waals surface area contributed by atoms with E-state index in [4.69, 9.17) is 4.74 Å². The third-order valence-electron chi connectivity index (χ3n) is 6.87. The zero-order chi connectivity index (χ0) is 25.2. The Hall–Kier alpha value is -3.30.